The Kier molecular flexibility index (Phi) is 5.61. The summed E-state index contributed by atoms with van der Waals surface area (Å²) in [5, 5.41) is 2.59. The zero-order chi connectivity index (χ0) is 22.1. The number of pyridine rings is 3. The average Bonchev–Trinajstić information content (AvgIpc) is 2.78. The number of hydrogen-bond acceptors (Lipinski definition) is 6. The summed E-state index contributed by atoms with van der Waals surface area (Å²) in [5.41, 5.74) is 5.17. The largest absolute Gasteiger partial charge is 0.368 e. The van der Waals surface area contributed by atoms with Crippen LogP contribution in [0, 0.1) is 0 Å². The first kappa shape index (κ1) is 20.6. The van der Waals surface area contributed by atoms with Crippen LogP contribution in [0.2, 0.25) is 0 Å². The topological polar surface area (TPSA) is 94.2 Å². The quantitative estimate of drug-likeness (QED) is 0.642. The number of anilines is 1. The van der Waals surface area contributed by atoms with Crippen molar-refractivity contribution in [2.24, 2.45) is 0 Å². The van der Waals surface area contributed by atoms with Crippen LogP contribution >= 0.6 is 0 Å². The molecule has 0 radical (unpaired) electrons. The predicted octanol–water partition coefficient (Wildman–Crippen LogP) is 2.27. The Bertz CT molecular complexity index is 1180. The molecule has 2 aliphatic rings. The molecule has 0 spiro atoms. The smallest absolute Gasteiger partial charge is 0.269 e. The van der Waals surface area contributed by atoms with Gasteiger partial charge < -0.3 is 15.2 Å². The van der Waals surface area contributed by atoms with Gasteiger partial charge in [0.2, 0.25) is 0 Å². The zero-order valence-corrected chi connectivity index (χ0v) is 18.3. The van der Waals surface area contributed by atoms with E-state index in [2.05, 4.69) is 36.1 Å². The van der Waals surface area contributed by atoms with Crippen LogP contribution < -0.4 is 15.8 Å². The van der Waals surface area contributed by atoms with Gasteiger partial charge in [0.15, 0.2) is 0 Å². The fourth-order valence-corrected chi connectivity index (χ4v) is 4.51. The van der Waals surface area contributed by atoms with Crippen molar-refractivity contribution in [1.29, 1.82) is 0 Å². The van der Waals surface area contributed by atoms with Crippen molar-refractivity contribution >= 4 is 22.6 Å². The van der Waals surface area contributed by atoms with E-state index in [4.69, 9.17) is 0 Å². The fourth-order valence-electron chi connectivity index (χ4n) is 4.51. The molecule has 1 aliphatic carbocycles. The number of piperazine rings is 1. The van der Waals surface area contributed by atoms with E-state index >= 15 is 0 Å². The highest BCUT2D eigenvalue weighted by Crippen LogP contribution is 2.35. The number of H-pyrrole nitrogens is 1. The minimum Gasteiger partial charge on any atom is -0.368 e. The molecular weight excluding hydrogens is 404 g/mol. The standard InChI is InChI=1S/C24H28N6O2/c1-25-24(32)20-6-5-18(14-27-20)30-9-7-29(8-10-30)15-16-11-22-21(26-13-16)12-19(23(31)28-22)17-3-2-4-17/h5-6,11-14,17H,2-4,7-10,15H2,1H3,(H,25,32)(H,28,31). The molecule has 0 bridgehead atoms. The van der Waals surface area contributed by atoms with Gasteiger partial charge in [-0.3, -0.25) is 19.5 Å². The van der Waals surface area contributed by atoms with Gasteiger partial charge in [0.25, 0.3) is 11.5 Å². The van der Waals surface area contributed by atoms with Gasteiger partial charge >= 0.3 is 0 Å². The van der Waals surface area contributed by atoms with Gasteiger partial charge in [-0.15, -0.1) is 0 Å². The minimum atomic E-state index is -0.175. The number of amides is 1. The highest BCUT2D eigenvalue weighted by atomic mass is 16.1. The zero-order valence-electron chi connectivity index (χ0n) is 18.3. The summed E-state index contributed by atoms with van der Waals surface area (Å²) in [4.78, 5) is 40.8. The highest BCUT2D eigenvalue weighted by molar-refractivity contribution is 5.92. The Morgan fingerprint density at radius 2 is 1.94 bits per heavy atom. The van der Waals surface area contributed by atoms with E-state index in [0.717, 1.165) is 73.4 Å². The number of nitrogens with one attached hydrogen (secondary N) is 2. The van der Waals surface area contributed by atoms with E-state index in [1.54, 1.807) is 19.3 Å². The lowest BCUT2D eigenvalue weighted by atomic mass is 9.80. The third-order valence-electron chi connectivity index (χ3n) is 6.67. The molecule has 5 rings (SSSR count). The summed E-state index contributed by atoms with van der Waals surface area (Å²) in [7, 11) is 1.60. The van der Waals surface area contributed by atoms with Crippen molar-refractivity contribution in [2.75, 3.05) is 38.1 Å². The summed E-state index contributed by atoms with van der Waals surface area (Å²) >= 11 is 0. The summed E-state index contributed by atoms with van der Waals surface area (Å²) < 4.78 is 0. The van der Waals surface area contributed by atoms with Crippen LogP contribution in [-0.4, -0.2) is 59.0 Å². The number of aromatic nitrogens is 3. The Hall–Kier alpha value is -3.26. The third kappa shape index (κ3) is 4.10. The number of carbonyl (C=O) groups is 1. The van der Waals surface area contributed by atoms with Gasteiger partial charge in [0.05, 0.1) is 22.9 Å². The van der Waals surface area contributed by atoms with Crippen LogP contribution in [0.5, 0.6) is 0 Å². The summed E-state index contributed by atoms with van der Waals surface area (Å²) in [6.07, 6.45) is 7.11. The van der Waals surface area contributed by atoms with E-state index in [0.29, 0.717) is 11.6 Å². The molecule has 8 heteroatoms. The van der Waals surface area contributed by atoms with Crippen LogP contribution in [0.1, 0.15) is 46.8 Å². The monoisotopic (exact) mass is 432 g/mol. The van der Waals surface area contributed by atoms with Crippen molar-refractivity contribution in [2.45, 2.75) is 31.7 Å². The van der Waals surface area contributed by atoms with Crippen molar-refractivity contribution in [3.8, 4) is 0 Å². The first-order chi connectivity index (χ1) is 15.6. The van der Waals surface area contributed by atoms with E-state index in [9.17, 15) is 9.59 Å². The van der Waals surface area contributed by atoms with Gasteiger partial charge in [-0.25, -0.2) is 4.98 Å². The number of carbonyl (C=O) groups excluding carboxylic acids is 1. The molecule has 1 amide bonds. The Labute approximate surface area is 186 Å². The van der Waals surface area contributed by atoms with Gasteiger partial charge in [0, 0.05) is 51.5 Å². The lowest BCUT2D eigenvalue weighted by molar-refractivity contribution is 0.0958. The highest BCUT2D eigenvalue weighted by Gasteiger charge is 2.23. The molecule has 3 aromatic heterocycles. The summed E-state index contributed by atoms with van der Waals surface area (Å²) in [5.74, 6) is 0.224. The second kappa shape index (κ2) is 8.70. The van der Waals surface area contributed by atoms with Crippen LogP contribution in [0.25, 0.3) is 11.0 Å². The Balaban J connectivity index is 1.22. The van der Waals surface area contributed by atoms with Gasteiger partial charge in [0.1, 0.15) is 5.69 Å². The molecule has 4 heterocycles. The Morgan fingerprint density at radius 3 is 2.59 bits per heavy atom. The molecule has 0 atom stereocenters. The molecule has 0 unspecified atom stereocenters. The molecule has 166 valence electrons. The second-order valence-electron chi connectivity index (χ2n) is 8.70. The third-order valence-corrected chi connectivity index (χ3v) is 6.67. The number of nitrogens with zero attached hydrogens (tertiary/aromatic N) is 4. The van der Waals surface area contributed by atoms with Crippen molar-refractivity contribution in [3.05, 3.63) is 63.8 Å². The number of fused-ring (bicyclic) bond motifs is 1. The van der Waals surface area contributed by atoms with Crippen LogP contribution in [0.4, 0.5) is 5.69 Å². The number of rotatable bonds is 5. The fraction of sp³-hybridized carbons (Fsp3) is 0.417. The molecule has 1 saturated carbocycles. The van der Waals surface area contributed by atoms with E-state index < -0.39 is 0 Å². The van der Waals surface area contributed by atoms with Gasteiger partial charge in [-0.2, -0.15) is 0 Å². The van der Waals surface area contributed by atoms with Crippen LogP contribution in [0.3, 0.4) is 0 Å². The van der Waals surface area contributed by atoms with Gasteiger partial charge in [-0.05, 0) is 48.6 Å². The lowest BCUT2D eigenvalue weighted by Crippen LogP contribution is -2.46. The number of hydrogen-bond donors (Lipinski definition) is 2. The summed E-state index contributed by atoms with van der Waals surface area (Å²) in [6, 6.07) is 7.75. The number of aromatic amines is 1. The van der Waals surface area contributed by atoms with E-state index in [-0.39, 0.29) is 11.5 Å². The SMILES string of the molecule is CNC(=O)c1ccc(N2CCN(Cc3cnc4cc(C5CCC5)c(=O)[nH]c4c3)CC2)cn1. The maximum Gasteiger partial charge on any atom is 0.269 e. The first-order valence-corrected chi connectivity index (χ1v) is 11.3. The molecule has 1 saturated heterocycles. The average molecular weight is 433 g/mol. The molecule has 2 N–H and O–H groups in total. The molecule has 32 heavy (non-hydrogen) atoms. The van der Waals surface area contributed by atoms with E-state index in [1.165, 1.54) is 6.42 Å². The van der Waals surface area contributed by atoms with Crippen molar-refractivity contribution < 1.29 is 4.79 Å². The van der Waals surface area contributed by atoms with Crippen molar-refractivity contribution in [1.82, 2.24) is 25.2 Å². The van der Waals surface area contributed by atoms with Crippen molar-refractivity contribution in [3.63, 3.8) is 0 Å². The maximum absolute atomic E-state index is 12.5. The minimum absolute atomic E-state index is 0.0332. The molecule has 3 aromatic rings. The normalized spacial score (nSPS) is 17.3. The van der Waals surface area contributed by atoms with Crippen LogP contribution in [-0.2, 0) is 6.54 Å². The maximum atomic E-state index is 12.5. The molecule has 0 aromatic carbocycles. The predicted molar refractivity (Wildman–Crippen MR) is 124 cm³/mol. The van der Waals surface area contributed by atoms with Gasteiger partial charge in [-0.1, -0.05) is 6.42 Å². The molecule has 2 fully saturated rings. The Morgan fingerprint density at radius 1 is 1.12 bits per heavy atom. The second-order valence-corrected chi connectivity index (χ2v) is 8.70. The molecule has 8 nitrogen and oxygen atoms in total. The first-order valence-electron chi connectivity index (χ1n) is 11.3. The molecule has 1 aliphatic heterocycles. The van der Waals surface area contributed by atoms with E-state index in [1.807, 2.05) is 18.3 Å². The van der Waals surface area contributed by atoms with Crippen LogP contribution in [0.15, 0.2) is 41.5 Å². The lowest BCUT2D eigenvalue weighted by Gasteiger charge is -2.36. The molecular formula is C24H28N6O2. The summed E-state index contributed by atoms with van der Waals surface area (Å²) in [6.45, 7) is 4.43.